The second-order valence-electron chi connectivity index (χ2n) is 4.90. The molecule has 23 heavy (non-hydrogen) atoms. The van der Waals surface area contributed by atoms with Crippen LogP contribution in [-0.4, -0.2) is 20.1 Å². The molecule has 0 saturated heterocycles. The van der Waals surface area contributed by atoms with Crippen molar-refractivity contribution >= 4 is 37.8 Å². The van der Waals surface area contributed by atoms with Gasteiger partial charge in [0, 0.05) is 8.95 Å². The van der Waals surface area contributed by atoms with Crippen LogP contribution in [0.4, 0.5) is 0 Å². The fourth-order valence-electron chi connectivity index (χ4n) is 2.20. The lowest BCUT2D eigenvalue weighted by atomic mass is 10.1. The lowest BCUT2D eigenvalue weighted by Gasteiger charge is -2.18. The van der Waals surface area contributed by atoms with Crippen LogP contribution in [0.5, 0.6) is 11.5 Å². The second kappa shape index (κ2) is 7.84. The van der Waals surface area contributed by atoms with Gasteiger partial charge in [-0.25, -0.2) is 0 Å². The van der Waals surface area contributed by atoms with E-state index in [-0.39, 0.29) is 11.9 Å². The van der Waals surface area contributed by atoms with E-state index < -0.39 is 0 Å². The number of rotatable bonds is 5. The molecule has 2 aromatic rings. The summed E-state index contributed by atoms with van der Waals surface area (Å²) in [6.07, 6.45) is 0. The van der Waals surface area contributed by atoms with E-state index in [0.717, 1.165) is 14.5 Å². The number of ether oxygens (including phenoxy) is 2. The summed E-state index contributed by atoms with van der Waals surface area (Å²) < 4.78 is 12.2. The molecule has 1 atom stereocenters. The minimum absolute atomic E-state index is 0.147. The molecular weight excluding hydrogens is 426 g/mol. The lowest BCUT2D eigenvalue weighted by molar-refractivity contribution is 0.0939. The third-order valence-electron chi connectivity index (χ3n) is 3.44. The van der Waals surface area contributed by atoms with Gasteiger partial charge in [-0.3, -0.25) is 4.79 Å². The lowest BCUT2D eigenvalue weighted by Crippen LogP contribution is -2.27. The SMILES string of the molecule is COc1cc(Br)c([C@H](C)NC(=O)c2ccccc2Br)cc1OC. The summed E-state index contributed by atoms with van der Waals surface area (Å²) in [6, 6.07) is 10.8. The number of halogens is 2. The highest BCUT2D eigenvalue weighted by Gasteiger charge is 2.18. The molecule has 1 N–H and O–H groups in total. The molecule has 0 saturated carbocycles. The Morgan fingerprint density at radius 3 is 2.26 bits per heavy atom. The predicted molar refractivity (Wildman–Crippen MR) is 97.3 cm³/mol. The number of amides is 1. The van der Waals surface area contributed by atoms with Crippen molar-refractivity contribution in [3.8, 4) is 11.5 Å². The Kier molecular flexibility index (Phi) is 6.07. The molecule has 0 aromatic heterocycles. The summed E-state index contributed by atoms with van der Waals surface area (Å²) in [4.78, 5) is 12.4. The van der Waals surface area contributed by atoms with E-state index in [1.165, 1.54) is 0 Å². The molecule has 2 rings (SSSR count). The molecule has 0 aliphatic rings. The Balaban J connectivity index is 2.25. The second-order valence-corrected chi connectivity index (χ2v) is 6.61. The molecule has 2 aromatic carbocycles. The number of nitrogens with one attached hydrogen (secondary N) is 1. The summed E-state index contributed by atoms with van der Waals surface area (Å²) in [5.74, 6) is 1.10. The maximum Gasteiger partial charge on any atom is 0.252 e. The Hall–Kier alpha value is -1.53. The van der Waals surface area contributed by atoms with Gasteiger partial charge in [0.25, 0.3) is 5.91 Å². The number of hydrogen-bond donors (Lipinski definition) is 1. The Morgan fingerprint density at radius 1 is 1.04 bits per heavy atom. The topological polar surface area (TPSA) is 47.6 Å². The van der Waals surface area contributed by atoms with Crippen molar-refractivity contribution in [3.05, 3.63) is 56.5 Å². The van der Waals surface area contributed by atoms with Gasteiger partial charge in [-0.2, -0.15) is 0 Å². The van der Waals surface area contributed by atoms with Crippen LogP contribution in [0.15, 0.2) is 45.3 Å². The summed E-state index contributed by atoms with van der Waals surface area (Å²) in [7, 11) is 3.17. The number of hydrogen-bond acceptors (Lipinski definition) is 3. The van der Waals surface area contributed by atoms with Gasteiger partial charge in [0.1, 0.15) is 0 Å². The highest BCUT2D eigenvalue weighted by Crippen LogP contribution is 2.36. The van der Waals surface area contributed by atoms with Gasteiger partial charge in [-0.1, -0.05) is 28.1 Å². The van der Waals surface area contributed by atoms with Gasteiger partial charge in [0.15, 0.2) is 11.5 Å². The van der Waals surface area contributed by atoms with Crippen LogP contribution in [0.25, 0.3) is 0 Å². The van der Waals surface area contributed by atoms with Crippen LogP contribution in [0.3, 0.4) is 0 Å². The number of benzene rings is 2. The Morgan fingerprint density at radius 2 is 1.65 bits per heavy atom. The van der Waals surface area contributed by atoms with E-state index >= 15 is 0 Å². The number of methoxy groups -OCH3 is 2. The average Bonchev–Trinajstić information content (AvgIpc) is 2.54. The van der Waals surface area contributed by atoms with Crippen LogP contribution in [0, 0.1) is 0 Å². The third kappa shape index (κ3) is 4.06. The van der Waals surface area contributed by atoms with Crippen molar-refractivity contribution < 1.29 is 14.3 Å². The van der Waals surface area contributed by atoms with E-state index in [2.05, 4.69) is 37.2 Å². The van der Waals surface area contributed by atoms with Crippen LogP contribution in [0.1, 0.15) is 28.9 Å². The molecule has 0 fully saturated rings. The molecular formula is C17H17Br2NO3. The first-order chi connectivity index (χ1) is 11.0. The molecule has 4 nitrogen and oxygen atoms in total. The molecule has 1 amide bonds. The van der Waals surface area contributed by atoms with Crippen molar-refractivity contribution in [1.82, 2.24) is 5.32 Å². The van der Waals surface area contributed by atoms with Gasteiger partial charge in [0.05, 0.1) is 25.8 Å². The van der Waals surface area contributed by atoms with Crippen molar-refractivity contribution in [3.63, 3.8) is 0 Å². The molecule has 0 radical (unpaired) electrons. The van der Waals surface area contributed by atoms with Crippen LogP contribution in [0.2, 0.25) is 0 Å². The highest BCUT2D eigenvalue weighted by molar-refractivity contribution is 9.10. The minimum atomic E-state index is -0.205. The highest BCUT2D eigenvalue weighted by atomic mass is 79.9. The van der Waals surface area contributed by atoms with Crippen molar-refractivity contribution in [2.45, 2.75) is 13.0 Å². The van der Waals surface area contributed by atoms with Crippen molar-refractivity contribution in [2.75, 3.05) is 14.2 Å². The maximum atomic E-state index is 12.4. The number of carbonyl (C=O) groups is 1. The smallest absolute Gasteiger partial charge is 0.252 e. The molecule has 6 heteroatoms. The van der Waals surface area contributed by atoms with E-state index in [0.29, 0.717) is 17.1 Å². The number of carbonyl (C=O) groups excluding carboxylic acids is 1. The molecule has 0 spiro atoms. The zero-order chi connectivity index (χ0) is 17.0. The predicted octanol–water partition coefficient (Wildman–Crippen LogP) is 4.72. The normalized spacial score (nSPS) is 11.7. The first-order valence-corrected chi connectivity index (χ1v) is 8.53. The third-order valence-corrected chi connectivity index (χ3v) is 4.81. The van der Waals surface area contributed by atoms with E-state index in [1.54, 1.807) is 20.3 Å². The van der Waals surface area contributed by atoms with Gasteiger partial charge in [-0.05, 0) is 52.7 Å². The van der Waals surface area contributed by atoms with Crippen LogP contribution < -0.4 is 14.8 Å². The fraction of sp³-hybridized carbons (Fsp3) is 0.235. The summed E-state index contributed by atoms with van der Waals surface area (Å²) >= 11 is 6.91. The summed E-state index contributed by atoms with van der Waals surface area (Å²) in [5, 5.41) is 2.99. The van der Waals surface area contributed by atoms with Crippen LogP contribution >= 0.6 is 31.9 Å². The Labute approximate surface area is 152 Å². The van der Waals surface area contributed by atoms with Crippen molar-refractivity contribution in [2.24, 2.45) is 0 Å². The molecule has 0 aliphatic heterocycles. The van der Waals surface area contributed by atoms with Crippen molar-refractivity contribution in [1.29, 1.82) is 0 Å². The molecule has 0 heterocycles. The minimum Gasteiger partial charge on any atom is -0.493 e. The van der Waals surface area contributed by atoms with E-state index in [9.17, 15) is 4.79 Å². The zero-order valence-corrected chi connectivity index (χ0v) is 16.2. The average molecular weight is 443 g/mol. The maximum absolute atomic E-state index is 12.4. The van der Waals surface area contributed by atoms with Gasteiger partial charge in [0.2, 0.25) is 0 Å². The first kappa shape index (κ1) is 17.8. The van der Waals surface area contributed by atoms with Crippen LogP contribution in [-0.2, 0) is 0 Å². The molecule has 122 valence electrons. The summed E-state index contributed by atoms with van der Waals surface area (Å²) in [6.45, 7) is 1.92. The Bertz CT molecular complexity index is 719. The first-order valence-electron chi connectivity index (χ1n) is 6.94. The largest absolute Gasteiger partial charge is 0.493 e. The molecule has 0 aliphatic carbocycles. The van der Waals surface area contributed by atoms with E-state index in [4.69, 9.17) is 9.47 Å². The van der Waals surface area contributed by atoms with Gasteiger partial charge in [-0.15, -0.1) is 0 Å². The van der Waals surface area contributed by atoms with E-state index in [1.807, 2.05) is 37.3 Å². The molecule has 0 unspecified atom stereocenters. The van der Waals surface area contributed by atoms with Gasteiger partial charge < -0.3 is 14.8 Å². The standard InChI is InChI=1S/C17H17Br2NO3/c1-10(20-17(21)11-6-4-5-7-13(11)18)12-8-15(22-2)16(23-3)9-14(12)19/h4-10H,1-3H3,(H,20,21)/t10-/m0/s1. The van der Waals surface area contributed by atoms with Gasteiger partial charge >= 0.3 is 0 Å². The summed E-state index contributed by atoms with van der Waals surface area (Å²) in [5.41, 5.74) is 1.50. The molecule has 0 bridgehead atoms. The monoisotopic (exact) mass is 441 g/mol. The fourth-order valence-corrected chi connectivity index (χ4v) is 3.33. The zero-order valence-electron chi connectivity index (χ0n) is 13.0. The quantitative estimate of drug-likeness (QED) is 0.728.